The molecule has 0 saturated heterocycles. The molecule has 0 aliphatic heterocycles. The van der Waals surface area contributed by atoms with Gasteiger partial charge in [-0.2, -0.15) is 21.0 Å². The second-order valence-electron chi connectivity index (χ2n) is 18.3. The van der Waals surface area contributed by atoms with Crippen LogP contribution in [-0.2, 0) is 0 Å². The third-order valence-corrected chi connectivity index (χ3v) is 13.7. The molecule has 77 heavy (non-hydrogen) atoms. The number of anilines is 6. The third kappa shape index (κ3) is 8.92. The molecule has 0 radical (unpaired) electrons. The van der Waals surface area contributed by atoms with E-state index in [4.69, 9.17) is 9.97 Å². The maximum atomic E-state index is 11.0. The SMILES string of the molecule is N#Cc1cccc(-c2cc(-c3ccc(-c4c(C#N)cc(-n5c6ccc(N(c7ccccc7)c7ccccc7)cc6c6cc(N(c7ccccc7)c7ccccc7)ccc65)cc4C#N)cc3)nc(-c3cccc(C#N)c3)n2)c1. The minimum Gasteiger partial charge on any atom is -0.310 e. The van der Waals surface area contributed by atoms with Crippen LogP contribution in [0.3, 0.4) is 0 Å². The molecular weight excluding hydrogens is 943 g/mol. The lowest BCUT2D eigenvalue weighted by Crippen LogP contribution is -2.09. The molecule has 0 aliphatic rings. The predicted molar refractivity (Wildman–Crippen MR) is 306 cm³/mol. The summed E-state index contributed by atoms with van der Waals surface area (Å²) in [5, 5.41) is 43.4. The summed E-state index contributed by atoms with van der Waals surface area (Å²) in [6, 6.07) is 91.3. The van der Waals surface area contributed by atoms with Gasteiger partial charge in [0.2, 0.25) is 0 Å². The summed E-state index contributed by atoms with van der Waals surface area (Å²) in [4.78, 5) is 14.4. The lowest BCUT2D eigenvalue weighted by Gasteiger charge is -2.26. The summed E-state index contributed by atoms with van der Waals surface area (Å²) in [5.74, 6) is 0.419. The molecule has 0 fully saturated rings. The molecule has 0 unspecified atom stereocenters. The van der Waals surface area contributed by atoms with Crippen molar-refractivity contribution in [2.24, 2.45) is 0 Å². The van der Waals surface area contributed by atoms with Crippen LogP contribution >= 0.6 is 0 Å². The van der Waals surface area contributed by atoms with Gasteiger partial charge in [-0.15, -0.1) is 0 Å². The molecular formula is C68H41N9. The van der Waals surface area contributed by atoms with E-state index in [1.165, 1.54) is 0 Å². The summed E-state index contributed by atoms with van der Waals surface area (Å²) in [6.07, 6.45) is 0. The Morgan fingerprint density at radius 2 is 0.740 bits per heavy atom. The van der Waals surface area contributed by atoms with Crippen LogP contribution in [-0.4, -0.2) is 14.5 Å². The van der Waals surface area contributed by atoms with Crippen LogP contribution in [0.25, 0.3) is 72.5 Å². The van der Waals surface area contributed by atoms with Crippen molar-refractivity contribution in [3.8, 4) is 75.0 Å². The van der Waals surface area contributed by atoms with Gasteiger partial charge < -0.3 is 14.4 Å². The zero-order chi connectivity index (χ0) is 52.2. The van der Waals surface area contributed by atoms with Gasteiger partial charge in [0.15, 0.2) is 5.82 Å². The Morgan fingerprint density at radius 1 is 0.325 bits per heavy atom. The van der Waals surface area contributed by atoms with Gasteiger partial charge in [-0.3, -0.25) is 0 Å². The van der Waals surface area contributed by atoms with Crippen LogP contribution < -0.4 is 9.80 Å². The highest BCUT2D eigenvalue weighted by Crippen LogP contribution is 2.44. The van der Waals surface area contributed by atoms with Crippen molar-refractivity contribution in [1.82, 2.24) is 14.5 Å². The van der Waals surface area contributed by atoms with Gasteiger partial charge in [-0.1, -0.05) is 121 Å². The van der Waals surface area contributed by atoms with Crippen LogP contribution in [0, 0.1) is 45.3 Å². The van der Waals surface area contributed by atoms with E-state index in [2.05, 4.69) is 124 Å². The highest BCUT2D eigenvalue weighted by molar-refractivity contribution is 6.12. The molecule has 0 atom stereocenters. The standard InChI is InChI=1S/C68H41N9/c69-42-46-15-13-17-50(35-46)64-41-63(73-68(74-64)51-18-14-16-47(36-51)43-70)48-27-29-49(30-28-48)67-52(44-71)37-60(38-53(67)45-72)77-65-33-31-58(75(54-19-5-1-6-20-54)55-21-7-2-8-22-55)39-61(65)62-40-59(32-34-66(62)77)76(56-23-9-3-10-24-56)57-25-11-4-12-26-57/h1-41H. The highest BCUT2D eigenvalue weighted by atomic mass is 15.1. The smallest absolute Gasteiger partial charge is 0.160 e. The quantitative estimate of drug-likeness (QED) is 0.125. The van der Waals surface area contributed by atoms with Gasteiger partial charge in [-0.25, -0.2) is 9.97 Å². The van der Waals surface area contributed by atoms with Crippen LogP contribution in [0.4, 0.5) is 34.1 Å². The Labute approximate surface area is 445 Å². The predicted octanol–water partition coefficient (Wildman–Crippen LogP) is 16.7. The van der Waals surface area contributed by atoms with Gasteiger partial charge in [0, 0.05) is 72.8 Å². The monoisotopic (exact) mass is 983 g/mol. The molecule has 0 spiro atoms. The summed E-state index contributed by atoms with van der Waals surface area (Å²) in [7, 11) is 0. The van der Waals surface area contributed by atoms with Crippen molar-refractivity contribution in [2.75, 3.05) is 9.80 Å². The molecule has 9 heteroatoms. The largest absolute Gasteiger partial charge is 0.310 e. The van der Waals surface area contributed by atoms with E-state index >= 15 is 0 Å². The molecule has 2 heterocycles. The molecule has 12 aromatic rings. The highest BCUT2D eigenvalue weighted by Gasteiger charge is 2.23. The number of hydrogen-bond acceptors (Lipinski definition) is 8. The number of hydrogen-bond donors (Lipinski definition) is 0. The Bertz CT molecular complexity index is 4040. The molecule has 358 valence electrons. The second kappa shape index (κ2) is 20.3. The van der Waals surface area contributed by atoms with Crippen LogP contribution in [0.15, 0.2) is 249 Å². The van der Waals surface area contributed by atoms with Crippen LogP contribution in [0.2, 0.25) is 0 Å². The zero-order valence-electron chi connectivity index (χ0n) is 41.2. The van der Waals surface area contributed by atoms with Crippen molar-refractivity contribution < 1.29 is 0 Å². The number of fused-ring (bicyclic) bond motifs is 3. The second-order valence-corrected chi connectivity index (χ2v) is 18.3. The van der Waals surface area contributed by atoms with Gasteiger partial charge in [0.25, 0.3) is 0 Å². The van der Waals surface area contributed by atoms with E-state index in [-0.39, 0.29) is 0 Å². The van der Waals surface area contributed by atoms with Crippen molar-refractivity contribution in [3.63, 3.8) is 0 Å². The van der Waals surface area contributed by atoms with Crippen molar-refractivity contribution >= 4 is 55.9 Å². The van der Waals surface area contributed by atoms with Gasteiger partial charge in [0.1, 0.15) is 0 Å². The lowest BCUT2D eigenvalue weighted by molar-refractivity contribution is 1.17. The Morgan fingerprint density at radius 3 is 1.18 bits per heavy atom. The number of nitrogens with zero attached hydrogens (tertiary/aromatic N) is 9. The first-order valence-corrected chi connectivity index (χ1v) is 24.9. The first kappa shape index (κ1) is 46.7. The number of para-hydroxylation sites is 4. The maximum absolute atomic E-state index is 11.0. The fourth-order valence-electron chi connectivity index (χ4n) is 10.2. The summed E-state index contributed by atoms with van der Waals surface area (Å²) in [6.45, 7) is 0. The number of benzene rings is 10. The first-order valence-electron chi connectivity index (χ1n) is 24.9. The molecule has 2 aromatic heterocycles. The van der Waals surface area contributed by atoms with Crippen molar-refractivity contribution in [2.45, 2.75) is 0 Å². The fraction of sp³-hybridized carbons (Fsp3) is 0. The Kier molecular flexibility index (Phi) is 12.3. The third-order valence-electron chi connectivity index (χ3n) is 13.7. The molecule has 0 N–H and O–H groups in total. The van der Waals surface area contributed by atoms with E-state index in [1.807, 2.05) is 133 Å². The van der Waals surface area contributed by atoms with E-state index in [9.17, 15) is 21.0 Å². The zero-order valence-corrected chi connectivity index (χ0v) is 41.2. The summed E-state index contributed by atoms with van der Waals surface area (Å²) < 4.78 is 2.15. The van der Waals surface area contributed by atoms with Gasteiger partial charge in [-0.05, 0) is 133 Å². The topological polar surface area (TPSA) is 132 Å². The number of nitriles is 4. The molecule has 0 aliphatic carbocycles. The first-order chi connectivity index (χ1) is 38.0. The number of aromatic nitrogens is 3. The van der Waals surface area contributed by atoms with Crippen molar-refractivity contribution in [3.05, 3.63) is 271 Å². The minimum atomic E-state index is 0.343. The molecule has 9 nitrogen and oxygen atoms in total. The Balaban J connectivity index is 1.00. The van der Waals surface area contributed by atoms with Crippen LogP contribution in [0.1, 0.15) is 22.3 Å². The summed E-state index contributed by atoms with van der Waals surface area (Å²) >= 11 is 0. The van der Waals surface area contributed by atoms with Gasteiger partial charge >= 0.3 is 0 Å². The molecule has 10 aromatic carbocycles. The van der Waals surface area contributed by atoms with E-state index in [1.54, 1.807) is 30.3 Å². The van der Waals surface area contributed by atoms with Crippen LogP contribution in [0.5, 0.6) is 0 Å². The molecule has 0 amide bonds. The fourth-order valence-corrected chi connectivity index (χ4v) is 10.2. The maximum Gasteiger partial charge on any atom is 0.160 e. The van der Waals surface area contributed by atoms with Crippen molar-refractivity contribution in [1.29, 1.82) is 21.0 Å². The van der Waals surface area contributed by atoms with E-state index in [0.717, 1.165) is 67.1 Å². The van der Waals surface area contributed by atoms with E-state index in [0.29, 0.717) is 61.8 Å². The lowest BCUT2D eigenvalue weighted by atomic mass is 9.93. The normalized spacial score (nSPS) is 10.8. The van der Waals surface area contributed by atoms with E-state index < -0.39 is 0 Å². The average Bonchev–Trinajstić information content (AvgIpc) is 3.89. The Hall–Kier alpha value is -11.4. The van der Waals surface area contributed by atoms with Gasteiger partial charge in [0.05, 0.1) is 69.0 Å². The summed E-state index contributed by atoms with van der Waals surface area (Å²) in [5.41, 5.74) is 14.7. The average molecular weight is 984 g/mol. The molecule has 12 rings (SSSR count). The minimum absolute atomic E-state index is 0.343. The number of rotatable bonds is 11. The molecule has 0 bridgehead atoms. The molecule has 0 saturated carbocycles.